The molecule has 0 atom stereocenters. The van der Waals surface area contributed by atoms with Gasteiger partial charge in [-0.1, -0.05) is 0 Å². The number of hydrogen-bond donors (Lipinski definition) is 2. The van der Waals surface area contributed by atoms with Crippen molar-refractivity contribution in [2.45, 2.75) is 27.7 Å². The van der Waals surface area contributed by atoms with Crippen molar-refractivity contribution >= 4 is 17.8 Å². The van der Waals surface area contributed by atoms with Crippen molar-refractivity contribution < 1.29 is 14.4 Å². The van der Waals surface area contributed by atoms with Crippen LogP contribution in [0.4, 0.5) is 4.79 Å². The van der Waals surface area contributed by atoms with E-state index in [2.05, 4.69) is 10.6 Å². The predicted molar refractivity (Wildman–Crippen MR) is 77.3 cm³/mol. The van der Waals surface area contributed by atoms with Gasteiger partial charge in [0.05, 0.1) is 13.1 Å². The van der Waals surface area contributed by atoms with Gasteiger partial charge in [-0.25, -0.2) is 4.79 Å². The minimum Gasteiger partial charge on any atom is -0.342 e. The van der Waals surface area contributed by atoms with Crippen LogP contribution < -0.4 is 10.6 Å². The molecule has 0 saturated carbocycles. The van der Waals surface area contributed by atoms with Gasteiger partial charge in [0.15, 0.2) is 0 Å². The first-order valence-electron chi connectivity index (χ1n) is 7.07. The number of amides is 4. The highest BCUT2D eigenvalue weighted by Crippen LogP contribution is 1.88. The first-order valence-corrected chi connectivity index (χ1v) is 7.07. The number of carbonyl (C=O) groups excluding carboxylic acids is 3. The molecule has 0 fully saturated rings. The van der Waals surface area contributed by atoms with Gasteiger partial charge in [-0.05, 0) is 27.7 Å². The maximum Gasteiger partial charge on any atom is 0.315 e. The van der Waals surface area contributed by atoms with Gasteiger partial charge >= 0.3 is 6.03 Å². The summed E-state index contributed by atoms with van der Waals surface area (Å²) in [6.07, 6.45) is 0. The third-order valence-corrected chi connectivity index (χ3v) is 3.03. The monoisotopic (exact) mass is 286 g/mol. The number of nitrogens with one attached hydrogen (secondary N) is 2. The smallest absolute Gasteiger partial charge is 0.315 e. The Morgan fingerprint density at radius 1 is 0.700 bits per heavy atom. The molecule has 0 aliphatic heterocycles. The Labute approximate surface area is 120 Å². The molecule has 116 valence electrons. The lowest BCUT2D eigenvalue weighted by Gasteiger charge is -2.20. The second kappa shape index (κ2) is 10.1. The molecule has 0 heterocycles. The van der Waals surface area contributed by atoms with Crippen molar-refractivity contribution in [3.8, 4) is 0 Å². The summed E-state index contributed by atoms with van der Waals surface area (Å²) in [5, 5.41) is 4.90. The molecule has 0 radical (unpaired) electrons. The van der Waals surface area contributed by atoms with Gasteiger partial charge in [0.2, 0.25) is 11.8 Å². The Kier molecular flexibility index (Phi) is 9.15. The molecule has 0 aliphatic rings. The normalized spacial score (nSPS) is 9.80. The highest BCUT2D eigenvalue weighted by atomic mass is 16.2. The molecule has 0 rings (SSSR count). The predicted octanol–water partition coefficient (Wildman–Crippen LogP) is 0.0224. The largest absolute Gasteiger partial charge is 0.342 e. The maximum atomic E-state index is 11.7. The van der Waals surface area contributed by atoms with E-state index in [1.165, 1.54) is 0 Å². The third-order valence-electron chi connectivity index (χ3n) is 3.03. The van der Waals surface area contributed by atoms with Gasteiger partial charge in [-0.2, -0.15) is 0 Å². The van der Waals surface area contributed by atoms with Crippen molar-refractivity contribution in [3.63, 3.8) is 0 Å². The molecule has 0 aromatic heterocycles. The lowest BCUT2D eigenvalue weighted by molar-refractivity contribution is -0.130. The average Bonchev–Trinajstić information content (AvgIpc) is 2.45. The zero-order chi connectivity index (χ0) is 15.5. The SMILES string of the molecule is CCN(CC)C(=O)CNC(=O)NCC(=O)N(CC)CC. The minimum absolute atomic E-state index is 0.0625. The minimum atomic E-state index is -0.508. The van der Waals surface area contributed by atoms with E-state index >= 15 is 0 Å². The van der Waals surface area contributed by atoms with Crippen molar-refractivity contribution in [1.29, 1.82) is 0 Å². The lowest BCUT2D eigenvalue weighted by Crippen LogP contribution is -2.46. The number of urea groups is 1. The zero-order valence-electron chi connectivity index (χ0n) is 12.9. The summed E-state index contributed by atoms with van der Waals surface area (Å²) < 4.78 is 0. The zero-order valence-corrected chi connectivity index (χ0v) is 12.9. The highest BCUT2D eigenvalue weighted by Gasteiger charge is 2.13. The topological polar surface area (TPSA) is 81.8 Å². The van der Waals surface area contributed by atoms with Crippen LogP contribution >= 0.6 is 0 Å². The van der Waals surface area contributed by atoms with Gasteiger partial charge in [-0.15, -0.1) is 0 Å². The van der Waals surface area contributed by atoms with Crippen molar-refractivity contribution in [3.05, 3.63) is 0 Å². The van der Waals surface area contributed by atoms with E-state index in [4.69, 9.17) is 0 Å². The summed E-state index contributed by atoms with van der Waals surface area (Å²) in [7, 11) is 0. The molecule has 7 heteroatoms. The van der Waals surface area contributed by atoms with Crippen LogP contribution in [-0.2, 0) is 9.59 Å². The lowest BCUT2D eigenvalue weighted by atomic mass is 10.4. The van der Waals surface area contributed by atoms with Crippen molar-refractivity contribution in [1.82, 2.24) is 20.4 Å². The van der Waals surface area contributed by atoms with E-state index in [1.807, 2.05) is 27.7 Å². The molecule has 0 spiro atoms. The number of nitrogens with zero attached hydrogens (tertiary/aromatic N) is 2. The van der Waals surface area contributed by atoms with Crippen LogP contribution in [0.5, 0.6) is 0 Å². The quantitative estimate of drug-likeness (QED) is 0.660. The Balaban J connectivity index is 4.01. The highest BCUT2D eigenvalue weighted by molar-refractivity contribution is 5.87. The molecular formula is C13H26N4O3. The van der Waals surface area contributed by atoms with Gasteiger partial charge < -0.3 is 20.4 Å². The first-order chi connectivity index (χ1) is 9.49. The molecule has 0 bridgehead atoms. The molecule has 0 unspecified atom stereocenters. The number of hydrogen-bond acceptors (Lipinski definition) is 3. The first kappa shape index (κ1) is 18.2. The fraction of sp³-hybridized carbons (Fsp3) is 0.769. The standard InChI is InChI=1S/C13H26N4O3/c1-5-16(6-2)11(18)9-14-13(20)15-10-12(19)17(7-3)8-4/h5-10H2,1-4H3,(H2,14,15,20). The fourth-order valence-electron chi connectivity index (χ4n) is 1.75. The fourth-order valence-corrected chi connectivity index (χ4v) is 1.75. The van der Waals surface area contributed by atoms with Crippen LogP contribution in [0, 0.1) is 0 Å². The van der Waals surface area contributed by atoms with Crippen molar-refractivity contribution in [2.75, 3.05) is 39.3 Å². The Morgan fingerprint density at radius 3 is 1.25 bits per heavy atom. The van der Waals surface area contributed by atoms with E-state index in [1.54, 1.807) is 9.80 Å². The van der Waals surface area contributed by atoms with Crippen molar-refractivity contribution in [2.24, 2.45) is 0 Å². The van der Waals surface area contributed by atoms with Gasteiger partial charge in [0.1, 0.15) is 0 Å². The van der Waals surface area contributed by atoms with Crippen LogP contribution in [0.1, 0.15) is 27.7 Å². The molecule has 0 aromatic rings. The molecule has 0 aliphatic carbocycles. The van der Waals surface area contributed by atoms with Crippen LogP contribution in [0.15, 0.2) is 0 Å². The Bertz CT molecular complexity index is 296. The summed E-state index contributed by atoms with van der Waals surface area (Å²) in [6, 6.07) is -0.508. The van der Waals surface area contributed by atoms with Crippen LogP contribution in [-0.4, -0.2) is 66.9 Å². The third kappa shape index (κ3) is 6.40. The Hall–Kier alpha value is -1.79. The second-order valence-electron chi connectivity index (χ2n) is 4.17. The molecule has 20 heavy (non-hydrogen) atoms. The van der Waals surface area contributed by atoms with Crippen LogP contribution in [0.2, 0.25) is 0 Å². The second-order valence-corrected chi connectivity index (χ2v) is 4.17. The summed E-state index contributed by atoms with van der Waals surface area (Å²) in [5.41, 5.74) is 0. The summed E-state index contributed by atoms with van der Waals surface area (Å²) >= 11 is 0. The van der Waals surface area contributed by atoms with E-state index < -0.39 is 6.03 Å². The maximum absolute atomic E-state index is 11.7. The van der Waals surface area contributed by atoms with Crippen LogP contribution in [0.25, 0.3) is 0 Å². The van der Waals surface area contributed by atoms with E-state index in [0.29, 0.717) is 26.2 Å². The summed E-state index contributed by atoms with van der Waals surface area (Å²) in [6.45, 7) is 9.83. The molecule has 0 aromatic carbocycles. The number of rotatable bonds is 8. The number of carbonyl (C=O) groups is 3. The number of likely N-dealkylation sites (N-methyl/N-ethyl adjacent to an activating group) is 2. The Morgan fingerprint density at radius 2 is 1.00 bits per heavy atom. The van der Waals surface area contributed by atoms with E-state index in [0.717, 1.165) is 0 Å². The van der Waals surface area contributed by atoms with E-state index in [9.17, 15) is 14.4 Å². The molecule has 4 amide bonds. The summed E-state index contributed by atoms with van der Waals surface area (Å²) in [4.78, 5) is 38.1. The van der Waals surface area contributed by atoms with Gasteiger partial charge in [0.25, 0.3) is 0 Å². The molecule has 0 saturated heterocycles. The van der Waals surface area contributed by atoms with Gasteiger partial charge in [0, 0.05) is 26.2 Å². The summed E-state index contributed by atoms with van der Waals surface area (Å²) in [5.74, 6) is -0.277. The molecular weight excluding hydrogens is 260 g/mol. The van der Waals surface area contributed by atoms with Gasteiger partial charge in [-0.3, -0.25) is 9.59 Å². The van der Waals surface area contributed by atoms with E-state index in [-0.39, 0.29) is 24.9 Å². The average molecular weight is 286 g/mol. The van der Waals surface area contributed by atoms with Crippen LogP contribution in [0.3, 0.4) is 0 Å². The molecule has 7 nitrogen and oxygen atoms in total. The molecule has 2 N–H and O–H groups in total.